The SMILES string of the molecule is CCNC(=NCC(C)(C)c1ccccc1Cl)NCC(C)(O)c1cnn(C)c1.I. The normalized spacial score (nSPS) is 14.2. The number of hydrogen-bond acceptors (Lipinski definition) is 3. The van der Waals surface area contributed by atoms with Crippen molar-refractivity contribution in [3.05, 3.63) is 52.8 Å². The van der Waals surface area contributed by atoms with Crippen molar-refractivity contribution in [3.8, 4) is 0 Å². The average molecular weight is 520 g/mol. The molecule has 3 N–H and O–H groups in total. The molecule has 0 radical (unpaired) electrons. The van der Waals surface area contributed by atoms with Gasteiger partial charge in [0.25, 0.3) is 0 Å². The molecular formula is C20H31ClIN5O. The second-order valence-corrected chi connectivity index (χ2v) is 8.00. The minimum Gasteiger partial charge on any atom is -0.383 e. The molecule has 0 fully saturated rings. The molecule has 8 heteroatoms. The standard InChI is InChI=1S/C20H30ClN5O.HI/c1-6-22-18(24-14-20(4,27)15-11-25-26(5)12-15)23-13-19(2,3)16-9-7-8-10-17(16)21;/h7-12,27H,6,13-14H2,1-5H3,(H2,22,23,24);1H. The number of nitrogens with one attached hydrogen (secondary N) is 2. The zero-order valence-corrected chi connectivity index (χ0v) is 20.2. The highest BCUT2D eigenvalue weighted by atomic mass is 127. The zero-order chi connectivity index (χ0) is 20.1. The van der Waals surface area contributed by atoms with E-state index in [4.69, 9.17) is 16.6 Å². The average Bonchev–Trinajstić information content (AvgIpc) is 3.05. The number of benzene rings is 1. The lowest BCUT2D eigenvalue weighted by molar-refractivity contribution is 0.0616. The largest absolute Gasteiger partial charge is 0.383 e. The Bertz CT molecular complexity index is 788. The predicted octanol–water partition coefficient (Wildman–Crippen LogP) is 3.43. The van der Waals surface area contributed by atoms with Crippen LogP contribution in [0.15, 0.2) is 41.7 Å². The van der Waals surface area contributed by atoms with Crippen LogP contribution >= 0.6 is 35.6 Å². The Labute approximate surface area is 189 Å². The Balaban J connectivity index is 0.00000392. The van der Waals surface area contributed by atoms with E-state index in [1.54, 1.807) is 17.8 Å². The molecule has 0 bridgehead atoms. The number of aliphatic hydroxyl groups is 1. The van der Waals surface area contributed by atoms with Crippen molar-refractivity contribution in [2.75, 3.05) is 19.6 Å². The Kier molecular flexibility index (Phi) is 9.23. The van der Waals surface area contributed by atoms with Crippen LogP contribution in [0.4, 0.5) is 0 Å². The minimum absolute atomic E-state index is 0. The van der Waals surface area contributed by atoms with Gasteiger partial charge < -0.3 is 15.7 Å². The molecule has 2 aromatic rings. The highest BCUT2D eigenvalue weighted by Crippen LogP contribution is 2.29. The lowest BCUT2D eigenvalue weighted by Crippen LogP contribution is -2.45. The van der Waals surface area contributed by atoms with Gasteiger partial charge in [0.1, 0.15) is 5.60 Å². The van der Waals surface area contributed by atoms with E-state index in [9.17, 15) is 5.11 Å². The lowest BCUT2D eigenvalue weighted by Gasteiger charge is -2.26. The summed E-state index contributed by atoms with van der Waals surface area (Å²) in [7, 11) is 1.83. The van der Waals surface area contributed by atoms with Gasteiger partial charge in [0.05, 0.1) is 19.3 Å². The summed E-state index contributed by atoms with van der Waals surface area (Å²) in [5, 5.41) is 22.1. The first-order valence-electron chi connectivity index (χ1n) is 9.14. The first-order valence-corrected chi connectivity index (χ1v) is 9.52. The first-order chi connectivity index (χ1) is 12.7. The highest BCUT2D eigenvalue weighted by molar-refractivity contribution is 14.0. The van der Waals surface area contributed by atoms with Crippen LogP contribution in [0.1, 0.15) is 38.8 Å². The van der Waals surface area contributed by atoms with E-state index >= 15 is 0 Å². The van der Waals surface area contributed by atoms with Crippen LogP contribution in [0.2, 0.25) is 5.02 Å². The molecule has 28 heavy (non-hydrogen) atoms. The predicted molar refractivity (Wildman–Crippen MR) is 127 cm³/mol. The van der Waals surface area contributed by atoms with E-state index in [-0.39, 0.29) is 29.4 Å². The Hall–Kier alpha value is -1.32. The first kappa shape index (κ1) is 24.7. The van der Waals surface area contributed by atoms with Crippen LogP contribution in [-0.4, -0.2) is 40.5 Å². The van der Waals surface area contributed by atoms with Crippen LogP contribution in [0.25, 0.3) is 0 Å². The third-order valence-electron chi connectivity index (χ3n) is 4.51. The van der Waals surface area contributed by atoms with Crippen LogP contribution < -0.4 is 10.6 Å². The summed E-state index contributed by atoms with van der Waals surface area (Å²) in [5.74, 6) is 0.654. The van der Waals surface area contributed by atoms with Gasteiger partial charge in [-0.25, -0.2) is 0 Å². The summed E-state index contributed by atoms with van der Waals surface area (Å²) >= 11 is 6.36. The molecule has 0 aliphatic carbocycles. The summed E-state index contributed by atoms with van der Waals surface area (Å²) in [5.41, 5.74) is 0.549. The molecule has 1 aromatic heterocycles. The van der Waals surface area contributed by atoms with Crippen LogP contribution in [0.5, 0.6) is 0 Å². The Morgan fingerprint density at radius 3 is 2.50 bits per heavy atom. The van der Waals surface area contributed by atoms with Gasteiger partial charge in [0.2, 0.25) is 0 Å². The summed E-state index contributed by atoms with van der Waals surface area (Å²) in [6.07, 6.45) is 3.48. The maximum Gasteiger partial charge on any atom is 0.191 e. The summed E-state index contributed by atoms with van der Waals surface area (Å²) in [6.45, 7) is 9.61. The maximum absolute atomic E-state index is 10.7. The fourth-order valence-electron chi connectivity index (χ4n) is 2.77. The fraction of sp³-hybridized carbons (Fsp3) is 0.500. The van der Waals surface area contributed by atoms with Gasteiger partial charge in [-0.1, -0.05) is 43.6 Å². The number of guanidine groups is 1. The molecule has 0 aliphatic rings. The molecule has 1 atom stereocenters. The van der Waals surface area contributed by atoms with E-state index < -0.39 is 5.60 Å². The van der Waals surface area contributed by atoms with Crippen molar-refractivity contribution in [1.29, 1.82) is 0 Å². The summed E-state index contributed by atoms with van der Waals surface area (Å²) < 4.78 is 1.68. The van der Waals surface area contributed by atoms with Crippen LogP contribution in [0.3, 0.4) is 0 Å². The van der Waals surface area contributed by atoms with Gasteiger partial charge in [-0.3, -0.25) is 9.67 Å². The molecule has 1 unspecified atom stereocenters. The molecule has 1 heterocycles. The summed E-state index contributed by atoms with van der Waals surface area (Å²) in [6, 6.07) is 7.85. The maximum atomic E-state index is 10.7. The molecule has 0 saturated heterocycles. The fourth-order valence-corrected chi connectivity index (χ4v) is 3.16. The number of aliphatic imine (C=N–C) groups is 1. The number of rotatable bonds is 7. The second-order valence-electron chi connectivity index (χ2n) is 7.59. The smallest absolute Gasteiger partial charge is 0.191 e. The van der Waals surface area contributed by atoms with Crippen molar-refractivity contribution in [2.24, 2.45) is 12.0 Å². The van der Waals surface area contributed by atoms with Gasteiger partial charge in [-0.2, -0.15) is 5.10 Å². The van der Waals surface area contributed by atoms with Crippen molar-refractivity contribution < 1.29 is 5.11 Å². The third-order valence-corrected chi connectivity index (χ3v) is 4.84. The van der Waals surface area contributed by atoms with Gasteiger partial charge in [-0.05, 0) is 25.5 Å². The molecular weight excluding hydrogens is 489 g/mol. The van der Waals surface area contributed by atoms with Gasteiger partial charge >= 0.3 is 0 Å². The highest BCUT2D eigenvalue weighted by Gasteiger charge is 2.26. The van der Waals surface area contributed by atoms with E-state index in [0.717, 1.165) is 22.7 Å². The van der Waals surface area contributed by atoms with Crippen molar-refractivity contribution >= 4 is 41.5 Å². The van der Waals surface area contributed by atoms with Crippen LogP contribution in [-0.2, 0) is 18.1 Å². The molecule has 2 rings (SSSR count). The molecule has 0 spiro atoms. The zero-order valence-electron chi connectivity index (χ0n) is 17.2. The number of halogens is 2. The van der Waals surface area contributed by atoms with E-state index in [1.165, 1.54) is 0 Å². The van der Waals surface area contributed by atoms with E-state index in [1.807, 2.05) is 44.4 Å². The minimum atomic E-state index is -1.05. The number of hydrogen-bond donors (Lipinski definition) is 3. The number of aromatic nitrogens is 2. The monoisotopic (exact) mass is 519 g/mol. The van der Waals surface area contributed by atoms with Gasteiger partial charge in [0, 0.05) is 35.8 Å². The molecule has 0 saturated carbocycles. The Morgan fingerprint density at radius 2 is 1.93 bits per heavy atom. The molecule has 6 nitrogen and oxygen atoms in total. The molecule has 0 amide bonds. The lowest BCUT2D eigenvalue weighted by atomic mass is 9.85. The van der Waals surface area contributed by atoms with Crippen molar-refractivity contribution in [1.82, 2.24) is 20.4 Å². The van der Waals surface area contributed by atoms with Crippen molar-refractivity contribution in [2.45, 2.75) is 38.7 Å². The van der Waals surface area contributed by atoms with Gasteiger partial charge in [-0.15, -0.1) is 24.0 Å². The third kappa shape index (κ3) is 6.63. The van der Waals surface area contributed by atoms with Gasteiger partial charge in [0.15, 0.2) is 5.96 Å². The van der Waals surface area contributed by atoms with Crippen molar-refractivity contribution in [3.63, 3.8) is 0 Å². The second kappa shape index (κ2) is 10.5. The topological polar surface area (TPSA) is 74.5 Å². The molecule has 0 aliphatic heterocycles. The Morgan fingerprint density at radius 1 is 1.25 bits per heavy atom. The molecule has 1 aromatic carbocycles. The number of aryl methyl sites for hydroxylation is 1. The summed E-state index contributed by atoms with van der Waals surface area (Å²) in [4.78, 5) is 4.71. The number of nitrogens with zero attached hydrogens (tertiary/aromatic N) is 3. The van der Waals surface area contributed by atoms with E-state index in [0.29, 0.717) is 19.0 Å². The van der Waals surface area contributed by atoms with Crippen LogP contribution in [0, 0.1) is 0 Å². The molecule has 156 valence electrons. The van der Waals surface area contributed by atoms with E-state index in [2.05, 4.69) is 29.6 Å². The quantitative estimate of drug-likeness (QED) is 0.298.